The SMILES string of the molecule is C/C=C\C(=N)C1=Cc2ccccc2CC=N1. The molecule has 0 fully saturated rings. The maximum absolute atomic E-state index is 7.85. The van der Waals surface area contributed by atoms with Crippen molar-refractivity contribution < 1.29 is 0 Å². The summed E-state index contributed by atoms with van der Waals surface area (Å²) in [4.78, 5) is 4.32. The van der Waals surface area contributed by atoms with Crippen molar-refractivity contribution in [1.29, 1.82) is 5.41 Å². The monoisotopic (exact) mass is 210 g/mol. The summed E-state index contributed by atoms with van der Waals surface area (Å²) in [7, 11) is 0. The van der Waals surface area contributed by atoms with Gasteiger partial charge < -0.3 is 0 Å². The first-order chi connectivity index (χ1) is 7.81. The van der Waals surface area contributed by atoms with E-state index in [4.69, 9.17) is 5.41 Å². The van der Waals surface area contributed by atoms with Crippen LogP contribution in [-0.2, 0) is 6.42 Å². The number of benzene rings is 1. The van der Waals surface area contributed by atoms with Gasteiger partial charge >= 0.3 is 0 Å². The molecule has 0 unspecified atom stereocenters. The minimum atomic E-state index is 0.454. The Morgan fingerprint density at radius 3 is 3.00 bits per heavy atom. The van der Waals surface area contributed by atoms with E-state index in [2.05, 4.69) is 17.1 Å². The molecular weight excluding hydrogens is 196 g/mol. The Kier molecular flexibility index (Phi) is 3.10. The number of hydrogen-bond donors (Lipinski definition) is 1. The second-order valence-electron chi connectivity index (χ2n) is 3.66. The molecule has 0 aliphatic carbocycles. The fourth-order valence-electron chi connectivity index (χ4n) is 1.69. The summed E-state index contributed by atoms with van der Waals surface area (Å²) in [6, 6.07) is 8.20. The predicted molar refractivity (Wildman–Crippen MR) is 69.2 cm³/mol. The molecule has 0 amide bonds. The molecule has 0 radical (unpaired) electrons. The molecule has 2 heteroatoms. The van der Waals surface area contributed by atoms with Crippen LogP contribution >= 0.6 is 0 Å². The molecule has 0 aromatic heterocycles. The predicted octanol–water partition coefficient (Wildman–Crippen LogP) is 3.25. The van der Waals surface area contributed by atoms with Gasteiger partial charge in [0.2, 0.25) is 0 Å². The first-order valence-corrected chi connectivity index (χ1v) is 5.35. The third-order valence-electron chi connectivity index (χ3n) is 2.50. The summed E-state index contributed by atoms with van der Waals surface area (Å²) in [6.45, 7) is 1.91. The zero-order chi connectivity index (χ0) is 11.4. The quantitative estimate of drug-likeness (QED) is 0.727. The van der Waals surface area contributed by atoms with E-state index in [1.807, 2.05) is 37.4 Å². The van der Waals surface area contributed by atoms with Crippen LogP contribution in [0.15, 0.2) is 47.1 Å². The molecule has 80 valence electrons. The van der Waals surface area contributed by atoms with Gasteiger partial charge in [-0.2, -0.15) is 0 Å². The van der Waals surface area contributed by atoms with Gasteiger partial charge in [0.25, 0.3) is 0 Å². The molecule has 0 spiro atoms. The summed E-state index contributed by atoms with van der Waals surface area (Å²) in [5, 5.41) is 7.85. The highest BCUT2D eigenvalue weighted by Gasteiger charge is 2.06. The lowest BCUT2D eigenvalue weighted by molar-refractivity contribution is 1.34. The van der Waals surface area contributed by atoms with Gasteiger partial charge in [-0.25, -0.2) is 0 Å². The molecule has 0 atom stereocenters. The number of rotatable bonds is 2. The molecule has 1 aliphatic heterocycles. The third-order valence-corrected chi connectivity index (χ3v) is 2.50. The van der Waals surface area contributed by atoms with E-state index in [0.29, 0.717) is 5.71 Å². The molecule has 1 heterocycles. The molecule has 16 heavy (non-hydrogen) atoms. The van der Waals surface area contributed by atoms with Crippen LogP contribution in [0.2, 0.25) is 0 Å². The maximum atomic E-state index is 7.85. The van der Waals surface area contributed by atoms with Gasteiger partial charge in [0.1, 0.15) is 0 Å². The minimum Gasteiger partial charge on any atom is -0.299 e. The highest BCUT2D eigenvalue weighted by Crippen LogP contribution is 2.17. The summed E-state index contributed by atoms with van der Waals surface area (Å²) in [6.07, 6.45) is 8.29. The van der Waals surface area contributed by atoms with Crippen LogP contribution in [0.25, 0.3) is 6.08 Å². The Morgan fingerprint density at radius 2 is 2.19 bits per heavy atom. The van der Waals surface area contributed by atoms with Gasteiger partial charge in [0, 0.05) is 12.6 Å². The van der Waals surface area contributed by atoms with Gasteiger partial charge in [0.15, 0.2) is 0 Å². The van der Waals surface area contributed by atoms with Crippen molar-refractivity contribution in [3.63, 3.8) is 0 Å². The fraction of sp³-hybridized carbons (Fsp3) is 0.143. The van der Waals surface area contributed by atoms with Gasteiger partial charge in [0.05, 0.1) is 11.4 Å². The summed E-state index contributed by atoms with van der Waals surface area (Å²) in [5.74, 6) is 0. The van der Waals surface area contributed by atoms with Gasteiger partial charge in [-0.1, -0.05) is 30.3 Å². The number of allylic oxidation sites excluding steroid dienone is 2. The molecule has 0 bridgehead atoms. The highest BCUT2D eigenvalue weighted by atomic mass is 14.8. The van der Waals surface area contributed by atoms with Crippen LogP contribution in [0.4, 0.5) is 0 Å². The summed E-state index contributed by atoms with van der Waals surface area (Å²) in [5.41, 5.74) is 3.59. The number of fused-ring (bicyclic) bond motifs is 1. The minimum absolute atomic E-state index is 0.454. The van der Waals surface area contributed by atoms with Crippen molar-refractivity contribution in [2.75, 3.05) is 0 Å². The van der Waals surface area contributed by atoms with Crippen LogP contribution in [-0.4, -0.2) is 11.9 Å². The van der Waals surface area contributed by atoms with E-state index in [-0.39, 0.29) is 0 Å². The average molecular weight is 210 g/mol. The first-order valence-electron chi connectivity index (χ1n) is 5.35. The molecule has 2 rings (SSSR count). The van der Waals surface area contributed by atoms with Gasteiger partial charge in [-0.15, -0.1) is 0 Å². The fourth-order valence-corrected chi connectivity index (χ4v) is 1.69. The Balaban J connectivity index is 2.42. The van der Waals surface area contributed by atoms with Crippen molar-refractivity contribution in [2.45, 2.75) is 13.3 Å². The molecule has 1 N–H and O–H groups in total. The molecule has 0 saturated carbocycles. The smallest absolute Gasteiger partial charge is 0.0881 e. The zero-order valence-electron chi connectivity index (χ0n) is 9.27. The summed E-state index contributed by atoms with van der Waals surface area (Å²) < 4.78 is 0. The topological polar surface area (TPSA) is 36.2 Å². The molecule has 1 aromatic carbocycles. The van der Waals surface area contributed by atoms with Crippen LogP contribution in [0, 0.1) is 5.41 Å². The van der Waals surface area contributed by atoms with Crippen molar-refractivity contribution >= 4 is 18.0 Å². The lowest BCUT2D eigenvalue weighted by Crippen LogP contribution is -1.93. The van der Waals surface area contributed by atoms with Crippen molar-refractivity contribution in [2.24, 2.45) is 4.99 Å². The van der Waals surface area contributed by atoms with Crippen LogP contribution in [0.1, 0.15) is 18.1 Å². The van der Waals surface area contributed by atoms with Crippen LogP contribution < -0.4 is 0 Å². The Morgan fingerprint density at radius 1 is 1.38 bits per heavy atom. The number of nitrogens with zero attached hydrogens (tertiary/aromatic N) is 1. The number of hydrogen-bond acceptors (Lipinski definition) is 2. The third kappa shape index (κ3) is 2.16. The second kappa shape index (κ2) is 4.71. The van der Waals surface area contributed by atoms with E-state index in [1.54, 1.807) is 6.08 Å². The van der Waals surface area contributed by atoms with E-state index < -0.39 is 0 Å². The summed E-state index contributed by atoms with van der Waals surface area (Å²) >= 11 is 0. The first kappa shape index (κ1) is 10.6. The second-order valence-corrected chi connectivity index (χ2v) is 3.66. The lowest BCUT2D eigenvalue weighted by Gasteiger charge is -2.00. The molecule has 1 aromatic rings. The van der Waals surface area contributed by atoms with E-state index in [1.165, 1.54) is 5.56 Å². The average Bonchev–Trinajstić information content (AvgIpc) is 2.51. The molecule has 2 nitrogen and oxygen atoms in total. The normalized spacial score (nSPS) is 14.4. The van der Waals surface area contributed by atoms with E-state index in [9.17, 15) is 0 Å². The molecular formula is C14H14N2. The van der Waals surface area contributed by atoms with E-state index >= 15 is 0 Å². The zero-order valence-corrected chi connectivity index (χ0v) is 9.27. The Hall–Kier alpha value is -1.96. The van der Waals surface area contributed by atoms with E-state index in [0.717, 1.165) is 17.7 Å². The van der Waals surface area contributed by atoms with Crippen LogP contribution in [0.3, 0.4) is 0 Å². The van der Waals surface area contributed by atoms with Crippen molar-refractivity contribution in [1.82, 2.24) is 0 Å². The molecule has 0 saturated heterocycles. The van der Waals surface area contributed by atoms with Gasteiger partial charge in [-0.3, -0.25) is 10.4 Å². The lowest BCUT2D eigenvalue weighted by atomic mass is 10.0. The number of aliphatic imine (C=N–C) groups is 1. The Labute approximate surface area is 95.5 Å². The standard InChI is InChI=1S/C14H14N2/c1-2-5-13(15)14-10-12-7-4-3-6-11(12)8-9-16-14/h2-7,9-10,15H,8H2,1H3/b5-2-,15-13?. The maximum Gasteiger partial charge on any atom is 0.0881 e. The Bertz CT molecular complexity index is 493. The van der Waals surface area contributed by atoms with Crippen LogP contribution in [0.5, 0.6) is 0 Å². The molecule has 1 aliphatic rings. The highest BCUT2D eigenvalue weighted by molar-refractivity contribution is 6.10. The van der Waals surface area contributed by atoms with Crippen molar-refractivity contribution in [3.05, 3.63) is 53.2 Å². The number of nitrogens with one attached hydrogen (secondary N) is 1. The largest absolute Gasteiger partial charge is 0.299 e. The van der Waals surface area contributed by atoms with Crippen molar-refractivity contribution in [3.8, 4) is 0 Å². The van der Waals surface area contributed by atoms with Gasteiger partial charge in [-0.05, 0) is 30.2 Å².